The van der Waals surface area contributed by atoms with E-state index in [1.807, 2.05) is 0 Å². The quantitative estimate of drug-likeness (QED) is 0.385. The molecule has 10 N–H and O–H groups in total. The number of hydrogen-bond acceptors (Lipinski definition) is 7. The first-order chi connectivity index (χ1) is 7.43. The summed E-state index contributed by atoms with van der Waals surface area (Å²) in [5, 5.41) is 0.596. The van der Waals surface area contributed by atoms with Crippen molar-refractivity contribution in [3.05, 3.63) is 5.69 Å². The lowest BCUT2D eigenvalue weighted by molar-refractivity contribution is 1.17. The van der Waals surface area contributed by atoms with E-state index >= 15 is 0 Å². The number of benzene rings is 1. The fourth-order valence-corrected chi connectivity index (χ4v) is 1.66. The summed E-state index contributed by atoms with van der Waals surface area (Å²) in [7, 11) is 0. The number of aryl methyl sites for hydroxylation is 1. The molecule has 0 unspecified atom stereocenters. The highest BCUT2D eigenvalue weighted by Crippen LogP contribution is 2.38. The molecule has 1 heterocycles. The van der Waals surface area contributed by atoms with Crippen molar-refractivity contribution in [1.29, 1.82) is 0 Å². The van der Waals surface area contributed by atoms with Gasteiger partial charge >= 0.3 is 0 Å². The van der Waals surface area contributed by atoms with Gasteiger partial charge < -0.3 is 28.7 Å². The first kappa shape index (κ1) is 10.1. The van der Waals surface area contributed by atoms with E-state index in [1.54, 1.807) is 6.92 Å². The fourth-order valence-electron chi connectivity index (χ4n) is 1.66. The molecule has 0 spiro atoms. The Hall–Kier alpha value is -2.44. The van der Waals surface area contributed by atoms with Gasteiger partial charge in [0, 0.05) is 5.39 Å². The number of rotatable bonds is 0. The number of fused-ring (bicyclic) bond motifs is 1. The third-order valence-corrected chi connectivity index (χ3v) is 2.50. The van der Waals surface area contributed by atoms with E-state index < -0.39 is 0 Å². The van der Waals surface area contributed by atoms with Crippen LogP contribution in [0.2, 0.25) is 0 Å². The molecular weight excluding hydrogens is 206 g/mol. The molecule has 7 heteroatoms. The van der Waals surface area contributed by atoms with Crippen LogP contribution in [0.15, 0.2) is 0 Å². The molecule has 84 valence electrons. The van der Waals surface area contributed by atoms with Crippen molar-refractivity contribution >= 4 is 39.6 Å². The number of nitrogen functional groups attached to an aromatic ring is 5. The Labute approximate surface area is 91.6 Å². The van der Waals surface area contributed by atoms with E-state index in [9.17, 15) is 0 Å². The summed E-state index contributed by atoms with van der Waals surface area (Å²) in [6, 6.07) is 0. The lowest BCUT2D eigenvalue weighted by atomic mass is 10.1. The molecule has 7 nitrogen and oxygen atoms in total. The zero-order valence-electron chi connectivity index (χ0n) is 8.78. The smallest absolute Gasteiger partial charge is 0.220 e. The molecule has 0 amide bonds. The predicted molar refractivity (Wildman–Crippen MR) is 66.3 cm³/mol. The van der Waals surface area contributed by atoms with Crippen LogP contribution >= 0.6 is 0 Å². The average Bonchev–Trinajstić information content (AvgIpc) is 2.22. The largest absolute Gasteiger partial charge is 0.396 e. The number of nitrogens with zero attached hydrogens (tertiary/aromatic N) is 2. The standard InChI is InChI=1S/C9H13N7/c1-2-3-4(10)5(11)6(12)7(13)8(3)16-9(14)15-2/h10-13H2,1H3,(H2,14,15,16). The Bertz CT molecular complexity index is 590. The molecule has 0 aliphatic rings. The minimum absolute atomic E-state index is 0.125. The minimum atomic E-state index is 0.125. The lowest BCUT2D eigenvalue weighted by Gasteiger charge is -2.13. The molecule has 16 heavy (non-hydrogen) atoms. The Morgan fingerprint density at radius 2 is 1.31 bits per heavy atom. The molecule has 1 aromatic carbocycles. The molecule has 0 bridgehead atoms. The van der Waals surface area contributed by atoms with Gasteiger partial charge in [-0.2, -0.15) is 0 Å². The van der Waals surface area contributed by atoms with Crippen LogP contribution in [0.1, 0.15) is 5.69 Å². The average molecular weight is 219 g/mol. The van der Waals surface area contributed by atoms with E-state index in [2.05, 4.69) is 9.97 Å². The lowest BCUT2D eigenvalue weighted by Crippen LogP contribution is -2.08. The molecule has 1 aromatic heterocycles. The summed E-state index contributed by atoms with van der Waals surface area (Å²) < 4.78 is 0. The van der Waals surface area contributed by atoms with Crippen molar-refractivity contribution < 1.29 is 0 Å². The highest BCUT2D eigenvalue weighted by Gasteiger charge is 2.15. The van der Waals surface area contributed by atoms with Crippen LogP contribution in [0.25, 0.3) is 10.9 Å². The molecular formula is C9H13N7. The van der Waals surface area contributed by atoms with Gasteiger partial charge in [0.1, 0.15) is 5.52 Å². The van der Waals surface area contributed by atoms with E-state index in [0.29, 0.717) is 22.3 Å². The maximum Gasteiger partial charge on any atom is 0.220 e. The number of hydrogen-bond donors (Lipinski definition) is 5. The van der Waals surface area contributed by atoms with Gasteiger partial charge in [-0.25, -0.2) is 9.97 Å². The van der Waals surface area contributed by atoms with E-state index in [4.69, 9.17) is 28.7 Å². The Morgan fingerprint density at radius 3 is 1.94 bits per heavy atom. The summed E-state index contributed by atoms with van der Waals surface area (Å²) in [6.07, 6.45) is 0. The fraction of sp³-hybridized carbons (Fsp3) is 0.111. The second-order valence-electron chi connectivity index (χ2n) is 3.55. The second-order valence-corrected chi connectivity index (χ2v) is 3.55. The molecule has 0 atom stereocenters. The Kier molecular flexibility index (Phi) is 1.91. The van der Waals surface area contributed by atoms with Gasteiger partial charge in [0.05, 0.1) is 28.4 Å². The van der Waals surface area contributed by atoms with Gasteiger partial charge in [0.2, 0.25) is 5.95 Å². The van der Waals surface area contributed by atoms with Crippen LogP contribution in [0.3, 0.4) is 0 Å². The third-order valence-electron chi connectivity index (χ3n) is 2.50. The molecule has 0 saturated carbocycles. The SMILES string of the molecule is Cc1nc(N)nc2c(N)c(N)c(N)c(N)c12. The maximum atomic E-state index is 5.86. The normalized spacial score (nSPS) is 10.8. The summed E-state index contributed by atoms with van der Waals surface area (Å²) in [5.74, 6) is 0.125. The zero-order chi connectivity index (χ0) is 12.0. The highest BCUT2D eigenvalue weighted by molar-refractivity contribution is 6.11. The van der Waals surface area contributed by atoms with Crippen LogP contribution in [-0.2, 0) is 0 Å². The van der Waals surface area contributed by atoms with Crippen molar-refractivity contribution in [3.63, 3.8) is 0 Å². The minimum Gasteiger partial charge on any atom is -0.396 e. The summed E-state index contributed by atoms with van der Waals surface area (Å²) in [5.41, 5.74) is 30.8. The molecule has 2 rings (SSSR count). The molecule has 0 aliphatic heterocycles. The van der Waals surface area contributed by atoms with Gasteiger partial charge in [0.15, 0.2) is 0 Å². The third kappa shape index (κ3) is 1.14. The number of anilines is 5. The predicted octanol–water partition coefficient (Wildman–Crippen LogP) is -0.151. The molecule has 0 fully saturated rings. The number of aromatic nitrogens is 2. The van der Waals surface area contributed by atoms with Crippen molar-refractivity contribution in [2.75, 3.05) is 28.7 Å². The molecule has 0 aliphatic carbocycles. The monoisotopic (exact) mass is 219 g/mol. The van der Waals surface area contributed by atoms with E-state index in [0.717, 1.165) is 0 Å². The van der Waals surface area contributed by atoms with Crippen molar-refractivity contribution in [2.45, 2.75) is 6.92 Å². The van der Waals surface area contributed by atoms with E-state index in [-0.39, 0.29) is 23.0 Å². The van der Waals surface area contributed by atoms with Crippen molar-refractivity contribution in [3.8, 4) is 0 Å². The topological polar surface area (TPSA) is 156 Å². The van der Waals surface area contributed by atoms with Crippen LogP contribution in [0.4, 0.5) is 28.7 Å². The summed E-state index contributed by atoms with van der Waals surface area (Å²) >= 11 is 0. The van der Waals surface area contributed by atoms with Crippen LogP contribution in [-0.4, -0.2) is 9.97 Å². The van der Waals surface area contributed by atoms with Crippen LogP contribution in [0.5, 0.6) is 0 Å². The second kappa shape index (κ2) is 3.02. The van der Waals surface area contributed by atoms with Gasteiger partial charge in [-0.05, 0) is 6.92 Å². The Morgan fingerprint density at radius 1 is 0.750 bits per heavy atom. The molecule has 0 saturated heterocycles. The van der Waals surface area contributed by atoms with Crippen molar-refractivity contribution in [1.82, 2.24) is 9.97 Å². The van der Waals surface area contributed by atoms with Gasteiger partial charge in [-0.15, -0.1) is 0 Å². The van der Waals surface area contributed by atoms with Gasteiger partial charge in [0.25, 0.3) is 0 Å². The summed E-state index contributed by atoms with van der Waals surface area (Å²) in [4.78, 5) is 8.03. The first-order valence-electron chi connectivity index (χ1n) is 4.59. The molecule has 0 radical (unpaired) electrons. The highest BCUT2D eigenvalue weighted by atomic mass is 15.0. The summed E-state index contributed by atoms with van der Waals surface area (Å²) in [6.45, 7) is 1.76. The zero-order valence-corrected chi connectivity index (χ0v) is 8.78. The van der Waals surface area contributed by atoms with E-state index in [1.165, 1.54) is 0 Å². The maximum absolute atomic E-state index is 5.86. The number of nitrogens with two attached hydrogens (primary N) is 5. The van der Waals surface area contributed by atoms with Crippen LogP contribution < -0.4 is 28.7 Å². The van der Waals surface area contributed by atoms with Crippen LogP contribution in [0, 0.1) is 6.92 Å². The van der Waals surface area contributed by atoms with Crippen molar-refractivity contribution in [2.24, 2.45) is 0 Å². The first-order valence-corrected chi connectivity index (χ1v) is 4.59. The van der Waals surface area contributed by atoms with Gasteiger partial charge in [-0.1, -0.05) is 0 Å². The molecule has 2 aromatic rings. The van der Waals surface area contributed by atoms with Gasteiger partial charge in [-0.3, -0.25) is 0 Å². The Balaban J connectivity index is 3.08.